The normalized spacial score (nSPS) is 14.6. The second-order valence-electron chi connectivity index (χ2n) is 4.56. The first-order valence-electron chi connectivity index (χ1n) is 5.59. The summed E-state index contributed by atoms with van der Waals surface area (Å²) in [5.74, 6) is -0.660. The minimum Gasteiger partial charge on any atom is -0.480 e. The predicted molar refractivity (Wildman–Crippen MR) is 61.9 cm³/mol. The van der Waals surface area contributed by atoms with Gasteiger partial charge >= 0.3 is 5.97 Å². The lowest BCUT2D eigenvalue weighted by molar-refractivity contribution is -0.141. The van der Waals surface area contributed by atoms with Crippen LogP contribution >= 0.6 is 0 Å². The van der Waals surface area contributed by atoms with Gasteiger partial charge in [0.15, 0.2) is 0 Å². The Balaban J connectivity index is 4.05. The molecule has 0 aliphatic heterocycles. The maximum Gasteiger partial charge on any atom is 0.325 e. The Hall–Kier alpha value is -1.10. The monoisotopic (exact) mass is 230 g/mol. The van der Waals surface area contributed by atoms with E-state index >= 15 is 0 Å². The van der Waals surface area contributed by atoms with Crippen molar-refractivity contribution in [2.24, 2.45) is 17.6 Å². The molecule has 0 spiro atoms. The molecule has 1 amide bonds. The molecule has 0 aromatic rings. The van der Waals surface area contributed by atoms with Crippen LogP contribution < -0.4 is 11.1 Å². The van der Waals surface area contributed by atoms with Crippen molar-refractivity contribution in [3.05, 3.63) is 0 Å². The van der Waals surface area contributed by atoms with Crippen LogP contribution in [0.2, 0.25) is 0 Å². The van der Waals surface area contributed by atoms with E-state index in [4.69, 9.17) is 10.8 Å². The van der Waals surface area contributed by atoms with Gasteiger partial charge in [0.1, 0.15) is 6.04 Å². The Morgan fingerprint density at radius 3 is 2.25 bits per heavy atom. The van der Waals surface area contributed by atoms with Crippen LogP contribution in [0.4, 0.5) is 0 Å². The lowest BCUT2D eigenvalue weighted by atomic mass is 9.94. The zero-order valence-corrected chi connectivity index (χ0v) is 10.2. The number of aliphatic carboxylic acids is 1. The first-order valence-corrected chi connectivity index (χ1v) is 5.59. The third-order valence-corrected chi connectivity index (χ3v) is 2.36. The van der Waals surface area contributed by atoms with E-state index in [1.165, 1.54) is 6.92 Å². The van der Waals surface area contributed by atoms with Gasteiger partial charge in [0.25, 0.3) is 0 Å². The standard InChI is InChI=1S/C11H22N2O3/c1-7(2)4-9(6-12)5-10(14)13-8(3)11(15)16/h7-9H,4-6,12H2,1-3H3,(H,13,14)(H,15,16)/t8-,9+/m1/s1. The van der Waals surface area contributed by atoms with Crippen LogP contribution in [0.1, 0.15) is 33.6 Å². The molecule has 2 atom stereocenters. The SMILES string of the molecule is CC(C)C[C@H](CN)CC(=O)N[C@H](C)C(=O)O. The maximum absolute atomic E-state index is 11.5. The van der Waals surface area contributed by atoms with Gasteiger partial charge in [-0.15, -0.1) is 0 Å². The van der Waals surface area contributed by atoms with E-state index in [-0.39, 0.29) is 11.8 Å². The third-order valence-electron chi connectivity index (χ3n) is 2.36. The molecular weight excluding hydrogens is 208 g/mol. The summed E-state index contributed by atoms with van der Waals surface area (Å²) in [6, 6.07) is -0.843. The Morgan fingerprint density at radius 2 is 1.88 bits per heavy atom. The van der Waals surface area contributed by atoms with Gasteiger partial charge in [0.05, 0.1) is 0 Å². The number of amides is 1. The van der Waals surface area contributed by atoms with E-state index in [1.807, 2.05) is 0 Å². The molecule has 5 heteroatoms. The van der Waals surface area contributed by atoms with E-state index in [0.29, 0.717) is 18.9 Å². The Bertz CT molecular complexity index is 241. The highest BCUT2D eigenvalue weighted by atomic mass is 16.4. The number of hydrogen-bond donors (Lipinski definition) is 3. The second-order valence-corrected chi connectivity index (χ2v) is 4.56. The van der Waals surface area contributed by atoms with Gasteiger partial charge in [0.2, 0.25) is 5.91 Å². The summed E-state index contributed by atoms with van der Waals surface area (Å²) in [5.41, 5.74) is 5.56. The quantitative estimate of drug-likeness (QED) is 0.596. The fraction of sp³-hybridized carbons (Fsp3) is 0.818. The molecule has 0 saturated heterocycles. The highest BCUT2D eigenvalue weighted by molar-refractivity contribution is 5.83. The Kier molecular flexibility index (Phi) is 6.72. The highest BCUT2D eigenvalue weighted by Gasteiger charge is 2.18. The van der Waals surface area contributed by atoms with Gasteiger partial charge in [-0.1, -0.05) is 13.8 Å². The van der Waals surface area contributed by atoms with Gasteiger partial charge in [0, 0.05) is 6.42 Å². The van der Waals surface area contributed by atoms with Gasteiger partial charge in [-0.25, -0.2) is 0 Å². The van der Waals surface area contributed by atoms with Crippen LogP contribution in [-0.2, 0) is 9.59 Å². The molecule has 0 unspecified atom stereocenters. The van der Waals surface area contributed by atoms with Crippen molar-refractivity contribution in [3.8, 4) is 0 Å². The fourth-order valence-electron chi connectivity index (χ4n) is 1.55. The third kappa shape index (κ3) is 6.40. The summed E-state index contributed by atoms with van der Waals surface area (Å²) in [6.45, 7) is 6.04. The van der Waals surface area contributed by atoms with Crippen LogP contribution in [0.5, 0.6) is 0 Å². The molecule has 94 valence electrons. The van der Waals surface area contributed by atoms with Gasteiger partial charge < -0.3 is 16.2 Å². The van der Waals surface area contributed by atoms with Crippen LogP contribution in [0, 0.1) is 11.8 Å². The number of hydrogen-bond acceptors (Lipinski definition) is 3. The number of carboxylic acids is 1. The molecule has 0 aromatic heterocycles. The molecule has 0 aliphatic rings. The molecule has 0 saturated carbocycles. The van der Waals surface area contributed by atoms with E-state index in [2.05, 4.69) is 19.2 Å². The average molecular weight is 230 g/mol. The molecule has 0 rings (SSSR count). The number of nitrogens with two attached hydrogens (primary N) is 1. The second kappa shape index (κ2) is 7.22. The van der Waals surface area contributed by atoms with E-state index in [1.54, 1.807) is 0 Å². The van der Waals surface area contributed by atoms with Crippen molar-refractivity contribution in [2.75, 3.05) is 6.54 Å². The number of carbonyl (C=O) groups is 2. The van der Waals surface area contributed by atoms with Crippen LogP contribution in [0.15, 0.2) is 0 Å². The zero-order valence-electron chi connectivity index (χ0n) is 10.2. The molecule has 0 aromatic carbocycles. The van der Waals surface area contributed by atoms with Crippen molar-refractivity contribution < 1.29 is 14.7 Å². The highest BCUT2D eigenvalue weighted by Crippen LogP contribution is 2.13. The van der Waals surface area contributed by atoms with Gasteiger partial charge in [-0.05, 0) is 31.7 Å². The summed E-state index contributed by atoms with van der Waals surface area (Å²) in [4.78, 5) is 22.0. The molecule has 0 bridgehead atoms. The number of rotatable bonds is 7. The summed E-state index contributed by atoms with van der Waals surface area (Å²) in [6.07, 6.45) is 1.18. The van der Waals surface area contributed by atoms with E-state index < -0.39 is 12.0 Å². The zero-order chi connectivity index (χ0) is 12.7. The first kappa shape index (κ1) is 14.9. The smallest absolute Gasteiger partial charge is 0.325 e. The lowest BCUT2D eigenvalue weighted by Gasteiger charge is -2.17. The summed E-state index contributed by atoms with van der Waals surface area (Å²) < 4.78 is 0. The predicted octanol–water partition coefficient (Wildman–Crippen LogP) is 0.587. The molecule has 5 nitrogen and oxygen atoms in total. The molecular formula is C11H22N2O3. The van der Waals surface area contributed by atoms with Crippen molar-refractivity contribution in [2.45, 2.75) is 39.7 Å². The molecule has 16 heavy (non-hydrogen) atoms. The Morgan fingerprint density at radius 1 is 1.31 bits per heavy atom. The van der Waals surface area contributed by atoms with Gasteiger partial charge in [-0.2, -0.15) is 0 Å². The average Bonchev–Trinajstić information content (AvgIpc) is 2.15. The number of nitrogens with one attached hydrogen (secondary N) is 1. The molecule has 4 N–H and O–H groups in total. The van der Waals surface area contributed by atoms with Crippen molar-refractivity contribution in [1.82, 2.24) is 5.32 Å². The van der Waals surface area contributed by atoms with Crippen LogP contribution in [0.3, 0.4) is 0 Å². The van der Waals surface area contributed by atoms with Crippen molar-refractivity contribution in [1.29, 1.82) is 0 Å². The minimum absolute atomic E-state index is 0.126. The largest absolute Gasteiger partial charge is 0.480 e. The van der Waals surface area contributed by atoms with Crippen molar-refractivity contribution in [3.63, 3.8) is 0 Å². The van der Waals surface area contributed by atoms with Crippen LogP contribution in [0.25, 0.3) is 0 Å². The first-order chi connectivity index (χ1) is 7.36. The fourth-order valence-corrected chi connectivity index (χ4v) is 1.55. The number of carboxylic acid groups (broad SMARTS) is 1. The molecule has 0 heterocycles. The molecule has 0 aliphatic carbocycles. The van der Waals surface area contributed by atoms with Crippen molar-refractivity contribution >= 4 is 11.9 Å². The maximum atomic E-state index is 11.5. The summed E-state index contributed by atoms with van der Waals surface area (Å²) in [7, 11) is 0. The molecule has 0 fully saturated rings. The van der Waals surface area contributed by atoms with Crippen LogP contribution in [-0.4, -0.2) is 29.6 Å². The topological polar surface area (TPSA) is 92.4 Å². The van der Waals surface area contributed by atoms with Gasteiger partial charge in [-0.3, -0.25) is 9.59 Å². The Labute approximate surface area is 96.4 Å². The molecule has 0 radical (unpaired) electrons. The van der Waals surface area contributed by atoms with E-state index in [0.717, 1.165) is 6.42 Å². The summed E-state index contributed by atoms with van der Waals surface area (Å²) in [5, 5.41) is 11.1. The van der Waals surface area contributed by atoms with E-state index in [9.17, 15) is 9.59 Å². The number of carbonyl (C=O) groups excluding carboxylic acids is 1. The lowest BCUT2D eigenvalue weighted by Crippen LogP contribution is -2.39. The summed E-state index contributed by atoms with van der Waals surface area (Å²) >= 11 is 0. The minimum atomic E-state index is -1.03.